The van der Waals surface area contributed by atoms with Gasteiger partial charge >= 0.3 is 5.97 Å². The van der Waals surface area contributed by atoms with Gasteiger partial charge in [0, 0.05) is 10.9 Å². The molecule has 0 amide bonds. The molecule has 0 aromatic heterocycles. The van der Waals surface area contributed by atoms with Crippen LogP contribution in [0.5, 0.6) is 0 Å². The van der Waals surface area contributed by atoms with E-state index in [1.807, 2.05) is 26.8 Å². The number of ether oxygens (including phenoxy) is 1. The number of carbonyl (C=O) groups is 1. The number of nitrogens with one attached hydrogen (secondary N) is 1. The maximum atomic E-state index is 13.7. The summed E-state index contributed by atoms with van der Waals surface area (Å²) in [7, 11) is 0. The molecule has 1 atom stereocenters. The minimum Gasteiger partial charge on any atom is -0.459 e. The molecular weight excluding hydrogens is 277 g/mol. The molecule has 3 nitrogen and oxygen atoms in total. The summed E-state index contributed by atoms with van der Waals surface area (Å²) in [6.45, 7) is 5.66. The number of hydrogen-bond donors (Lipinski definition) is 1. The van der Waals surface area contributed by atoms with Crippen LogP contribution < -0.4 is 5.32 Å². The molecule has 5 heteroatoms. The summed E-state index contributed by atoms with van der Waals surface area (Å²) in [4.78, 5) is 12.4. The molecule has 1 unspecified atom stereocenters. The van der Waals surface area contributed by atoms with Crippen LogP contribution in [-0.4, -0.2) is 23.9 Å². The molecule has 20 heavy (non-hydrogen) atoms. The van der Waals surface area contributed by atoms with Crippen LogP contribution in [0.1, 0.15) is 38.8 Å². The number of hydrogen-bond acceptors (Lipinski definition) is 4. The van der Waals surface area contributed by atoms with E-state index >= 15 is 0 Å². The van der Waals surface area contributed by atoms with Gasteiger partial charge in [-0.05, 0) is 44.6 Å². The van der Waals surface area contributed by atoms with Crippen LogP contribution >= 0.6 is 11.8 Å². The Bertz CT molecular complexity index is 499. The van der Waals surface area contributed by atoms with E-state index < -0.39 is 5.60 Å². The van der Waals surface area contributed by atoms with Crippen LogP contribution in [0.25, 0.3) is 0 Å². The summed E-state index contributed by atoms with van der Waals surface area (Å²) in [5.74, 6) is 0.380. The van der Waals surface area contributed by atoms with Gasteiger partial charge in [0.2, 0.25) is 0 Å². The fourth-order valence-corrected chi connectivity index (χ4v) is 3.32. The summed E-state index contributed by atoms with van der Waals surface area (Å²) in [6, 6.07) is 5.11. The third-order valence-electron chi connectivity index (χ3n) is 2.94. The van der Waals surface area contributed by atoms with Crippen molar-refractivity contribution >= 4 is 17.7 Å². The third-order valence-corrected chi connectivity index (χ3v) is 4.10. The number of rotatable bonds is 3. The van der Waals surface area contributed by atoms with Gasteiger partial charge in [-0.1, -0.05) is 12.1 Å². The Kier molecular flexibility index (Phi) is 4.70. The van der Waals surface area contributed by atoms with E-state index in [0.29, 0.717) is 4.90 Å². The van der Waals surface area contributed by atoms with Gasteiger partial charge in [-0.3, -0.25) is 10.1 Å². The number of halogens is 1. The first-order valence-corrected chi connectivity index (χ1v) is 7.72. The van der Waals surface area contributed by atoms with E-state index in [1.165, 1.54) is 17.8 Å². The van der Waals surface area contributed by atoms with Gasteiger partial charge in [0.1, 0.15) is 11.4 Å². The van der Waals surface area contributed by atoms with Crippen LogP contribution in [0, 0.1) is 5.82 Å². The Balaban J connectivity index is 1.99. The van der Waals surface area contributed by atoms with Crippen LogP contribution in [-0.2, 0) is 9.53 Å². The average Bonchev–Trinajstić information content (AvgIpc) is 2.35. The van der Waals surface area contributed by atoms with Crippen LogP contribution in [0.2, 0.25) is 0 Å². The monoisotopic (exact) mass is 297 g/mol. The Morgan fingerprint density at radius 2 is 2.25 bits per heavy atom. The second-order valence-corrected chi connectivity index (χ2v) is 6.92. The van der Waals surface area contributed by atoms with E-state index in [-0.39, 0.29) is 24.4 Å². The van der Waals surface area contributed by atoms with Crippen molar-refractivity contribution in [3.8, 4) is 0 Å². The molecular formula is C15H20FNO2S. The van der Waals surface area contributed by atoms with E-state index in [0.717, 1.165) is 17.7 Å². The molecule has 1 aliphatic rings. The highest BCUT2D eigenvalue weighted by Crippen LogP contribution is 2.37. The molecule has 2 rings (SSSR count). The molecule has 1 N–H and O–H groups in total. The summed E-state index contributed by atoms with van der Waals surface area (Å²) >= 11 is 1.53. The molecule has 1 aromatic carbocycles. The van der Waals surface area contributed by atoms with Crippen LogP contribution in [0.3, 0.4) is 0 Å². The Labute approximate surface area is 123 Å². The Morgan fingerprint density at radius 1 is 1.50 bits per heavy atom. The predicted octanol–water partition coefficient (Wildman–Crippen LogP) is 3.29. The Hall–Kier alpha value is -1.07. The minimum absolute atomic E-state index is 0.00877. The third kappa shape index (κ3) is 3.96. The van der Waals surface area contributed by atoms with Gasteiger partial charge in [0.15, 0.2) is 0 Å². The molecule has 110 valence electrons. The molecule has 1 aromatic rings. The quantitative estimate of drug-likeness (QED) is 0.869. The summed E-state index contributed by atoms with van der Waals surface area (Å²) in [6.07, 6.45) is 0.879. The predicted molar refractivity (Wildman–Crippen MR) is 78.3 cm³/mol. The highest BCUT2D eigenvalue weighted by Gasteiger charge is 2.24. The maximum Gasteiger partial charge on any atom is 0.320 e. The smallest absolute Gasteiger partial charge is 0.320 e. The average molecular weight is 297 g/mol. The number of thioether (sulfide) groups is 1. The van der Waals surface area contributed by atoms with Gasteiger partial charge in [-0.2, -0.15) is 0 Å². The van der Waals surface area contributed by atoms with Crippen molar-refractivity contribution < 1.29 is 13.9 Å². The molecule has 0 aliphatic carbocycles. The fourth-order valence-electron chi connectivity index (χ4n) is 2.18. The van der Waals surface area contributed by atoms with Crippen molar-refractivity contribution in [2.75, 3.05) is 12.3 Å². The molecule has 1 aliphatic heterocycles. The molecule has 0 bridgehead atoms. The van der Waals surface area contributed by atoms with Gasteiger partial charge in [0.05, 0.1) is 6.54 Å². The normalized spacial score (nSPS) is 18.5. The first-order valence-electron chi connectivity index (χ1n) is 6.73. The van der Waals surface area contributed by atoms with E-state index in [1.54, 1.807) is 6.07 Å². The molecule has 1 heterocycles. The van der Waals surface area contributed by atoms with Crippen LogP contribution in [0.15, 0.2) is 23.1 Å². The summed E-state index contributed by atoms with van der Waals surface area (Å²) in [5.41, 5.74) is 0.454. The topological polar surface area (TPSA) is 38.3 Å². The van der Waals surface area contributed by atoms with Crippen molar-refractivity contribution in [3.05, 3.63) is 29.6 Å². The molecule has 0 radical (unpaired) electrons. The van der Waals surface area contributed by atoms with Crippen LogP contribution in [0.4, 0.5) is 4.39 Å². The fraction of sp³-hybridized carbons (Fsp3) is 0.533. The number of carbonyl (C=O) groups excluding carboxylic acids is 1. The van der Waals surface area contributed by atoms with Gasteiger partial charge in [-0.25, -0.2) is 4.39 Å². The zero-order valence-corrected chi connectivity index (χ0v) is 12.8. The second kappa shape index (κ2) is 6.14. The minimum atomic E-state index is -0.481. The summed E-state index contributed by atoms with van der Waals surface area (Å²) < 4.78 is 19.0. The van der Waals surface area contributed by atoms with Gasteiger partial charge < -0.3 is 4.74 Å². The lowest BCUT2D eigenvalue weighted by Crippen LogP contribution is -2.34. The molecule has 0 fully saturated rings. The first kappa shape index (κ1) is 15.3. The van der Waals surface area contributed by atoms with E-state index in [2.05, 4.69) is 5.32 Å². The van der Waals surface area contributed by atoms with Crippen molar-refractivity contribution in [2.24, 2.45) is 0 Å². The maximum absolute atomic E-state index is 13.7. The van der Waals surface area contributed by atoms with E-state index in [4.69, 9.17) is 4.74 Å². The molecule has 0 saturated heterocycles. The van der Waals surface area contributed by atoms with Gasteiger partial charge in [0.25, 0.3) is 0 Å². The zero-order chi connectivity index (χ0) is 14.8. The van der Waals surface area contributed by atoms with E-state index in [9.17, 15) is 9.18 Å². The van der Waals surface area contributed by atoms with Crippen molar-refractivity contribution in [3.63, 3.8) is 0 Å². The number of fused-ring (bicyclic) bond motifs is 1. The lowest BCUT2D eigenvalue weighted by molar-refractivity contribution is -0.153. The zero-order valence-electron chi connectivity index (χ0n) is 12.0. The second-order valence-electron chi connectivity index (χ2n) is 5.82. The number of esters is 1. The Morgan fingerprint density at radius 3 is 2.95 bits per heavy atom. The lowest BCUT2D eigenvalue weighted by Gasteiger charge is -2.27. The highest BCUT2D eigenvalue weighted by atomic mass is 32.2. The van der Waals surface area contributed by atoms with Gasteiger partial charge in [-0.15, -0.1) is 11.8 Å². The van der Waals surface area contributed by atoms with Crippen molar-refractivity contribution in [1.82, 2.24) is 5.32 Å². The largest absolute Gasteiger partial charge is 0.459 e. The standard InChI is InChI=1S/C15H20FNO2S/c1-15(2,3)19-13(18)9-17-12-7-8-20-14-10(12)5-4-6-11(14)16/h4-6,12,17H,7-9H2,1-3H3. The van der Waals surface area contributed by atoms with Crippen molar-refractivity contribution in [1.29, 1.82) is 0 Å². The van der Waals surface area contributed by atoms with Crippen molar-refractivity contribution in [2.45, 2.75) is 43.7 Å². The number of benzene rings is 1. The SMILES string of the molecule is CC(C)(C)OC(=O)CNC1CCSc2c(F)cccc21. The lowest BCUT2D eigenvalue weighted by atomic mass is 10.0. The highest BCUT2D eigenvalue weighted by molar-refractivity contribution is 7.99. The summed E-state index contributed by atoms with van der Waals surface area (Å²) in [5, 5.41) is 3.17. The first-order chi connectivity index (χ1) is 9.37. The molecule has 0 spiro atoms. The molecule has 0 saturated carbocycles.